The molecule has 0 unspecified atom stereocenters. The highest BCUT2D eigenvalue weighted by Gasteiger charge is 2.24. The van der Waals surface area contributed by atoms with Gasteiger partial charge in [-0.25, -0.2) is 4.98 Å². The molecule has 7 heteroatoms. The summed E-state index contributed by atoms with van der Waals surface area (Å²) in [5.74, 6) is 0.214. The van der Waals surface area contributed by atoms with Crippen LogP contribution in [0.1, 0.15) is 31.5 Å². The van der Waals surface area contributed by atoms with Crippen LogP contribution in [0.3, 0.4) is 0 Å². The number of aromatic nitrogens is 3. The molecule has 1 aliphatic rings. The largest absolute Gasteiger partial charge is 0.368 e. The molecule has 0 spiro atoms. The van der Waals surface area contributed by atoms with Crippen LogP contribution in [0, 0.1) is 6.92 Å². The second-order valence-electron chi connectivity index (χ2n) is 5.64. The summed E-state index contributed by atoms with van der Waals surface area (Å²) < 4.78 is 1.70. The molecule has 1 saturated heterocycles. The molecular weight excluding hydrogens is 282 g/mol. The van der Waals surface area contributed by atoms with E-state index in [0.29, 0.717) is 11.2 Å². The molecule has 7 nitrogen and oxygen atoms in total. The molecule has 3 heterocycles. The molecule has 1 fully saturated rings. The average molecular weight is 299 g/mol. The Kier molecular flexibility index (Phi) is 3.40. The van der Waals surface area contributed by atoms with Crippen LogP contribution in [0.4, 0.5) is 5.82 Å². The van der Waals surface area contributed by atoms with Crippen molar-refractivity contribution in [1.82, 2.24) is 19.9 Å². The molecule has 114 valence electrons. The lowest BCUT2D eigenvalue weighted by atomic mass is 10.1. The van der Waals surface area contributed by atoms with Crippen molar-refractivity contribution in [2.45, 2.75) is 33.2 Å². The predicted molar refractivity (Wildman–Crippen MR) is 82.2 cm³/mol. The molecule has 0 saturated carbocycles. The first-order chi connectivity index (χ1) is 10.4. The van der Waals surface area contributed by atoms with Crippen molar-refractivity contribution in [2.24, 2.45) is 0 Å². The van der Waals surface area contributed by atoms with Crippen LogP contribution >= 0.6 is 0 Å². The average Bonchev–Trinajstić information content (AvgIpc) is 2.94. The van der Waals surface area contributed by atoms with E-state index in [1.54, 1.807) is 16.8 Å². The van der Waals surface area contributed by atoms with Crippen LogP contribution in [0.25, 0.3) is 11.7 Å². The van der Waals surface area contributed by atoms with Crippen LogP contribution in [-0.4, -0.2) is 32.5 Å². The Balaban J connectivity index is 2.09. The number of nitrogens with one attached hydrogen (secondary N) is 2. The van der Waals surface area contributed by atoms with E-state index in [9.17, 15) is 9.59 Å². The second-order valence-corrected chi connectivity index (χ2v) is 5.64. The van der Waals surface area contributed by atoms with Crippen molar-refractivity contribution in [3.05, 3.63) is 29.1 Å². The number of fused-ring (bicyclic) bond motifs is 1. The van der Waals surface area contributed by atoms with Crippen molar-refractivity contribution in [1.29, 1.82) is 0 Å². The van der Waals surface area contributed by atoms with Gasteiger partial charge in [-0.05, 0) is 26.8 Å². The molecule has 3 rings (SSSR count). The molecule has 2 amide bonds. The number of rotatable bonds is 3. The molecule has 0 bridgehead atoms. The van der Waals surface area contributed by atoms with Gasteiger partial charge >= 0.3 is 0 Å². The first kappa shape index (κ1) is 14.2. The topological polar surface area (TPSA) is 88.4 Å². The third-order valence-corrected chi connectivity index (χ3v) is 3.29. The number of carbonyl (C=O) groups is 2. The minimum Gasteiger partial charge on any atom is -0.368 e. The maximum Gasteiger partial charge on any atom is 0.254 e. The number of aryl methyl sites for hydroxylation is 1. The van der Waals surface area contributed by atoms with E-state index >= 15 is 0 Å². The quantitative estimate of drug-likeness (QED) is 0.658. The van der Waals surface area contributed by atoms with E-state index < -0.39 is 0 Å². The smallest absolute Gasteiger partial charge is 0.254 e. The van der Waals surface area contributed by atoms with Gasteiger partial charge in [-0.15, -0.1) is 0 Å². The Morgan fingerprint density at radius 2 is 2.18 bits per heavy atom. The lowest BCUT2D eigenvalue weighted by Gasteiger charge is -2.12. The Hall–Kier alpha value is -2.70. The summed E-state index contributed by atoms with van der Waals surface area (Å²) in [5, 5.41) is 9.92. The van der Waals surface area contributed by atoms with E-state index in [1.807, 2.05) is 26.8 Å². The second kappa shape index (κ2) is 5.25. The highest BCUT2D eigenvalue weighted by Crippen LogP contribution is 2.21. The molecule has 1 aliphatic heterocycles. The van der Waals surface area contributed by atoms with Gasteiger partial charge in [0.25, 0.3) is 5.91 Å². The summed E-state index contributed by atoms with van der Waals surface area (Å²) in [6.45, 7) is 5.99. The summed E-state index contributed by atoms with van der Waals surface area (Å²) in [6, 6.07) is 2.18. The zero-order chi connectivity index (χ0) is 15.9. The zero-order valence-corrected chi connectivity index (χ0v) is 12.7. The van der Waals surface area contributed by atoms with Gasteiger partial charge in [0, 0.05) is 28.9 Å². The summed E-state index contributed by atoms with van der Waals surface area (Å²) in [6.07, 6.45) is 3.42. The molecule has 0 atom stereocenters. The molecule has 2 aromatic rings. The Morgan fingerprint density at radius 1 is 1.41 bits per heavy atom. The molecule has 0 radical (unpaired) electrons. The normalized spacial score (nSPS) is 16.8. The highest BCUT2D eigenvalue weighted by atomic mass is 16.2. The van der Waals surface area contributed by atoms with E-state index in [4.69, 9.17) is 0 Å². The van der Waals surface area contributed by atoms with Crippen molar-refractivity contribution in [3.63, 3.8) is 0 Å². The van der Waals surface area contributed by atoms with E-state index in [0.717, 1.165) is 17.1 Å². The number of hydrogen-bond acceptors (Lipinski definition) is 5. The number of hydrogen-bond donors (Lipinski definition) is 2. The number of carbonyl (C=O) groups excluding carboxylic acids is 2. The van der Waals surface area contributed by atoms with Crippen molar-refractivity contribution in [2.75, 3.05) is 5.32 Å². The minimum absolute atomic E-state index is 0.0963. The number of amides is 2. The summed E-state index contributed by atoms with van der Waals surface area (Å²) in [5.41, 5.74) is 2.66. The van der Waals surface area contributed by atoms with Gasteiger partial charge in [0.1, 0.15) is 5.82 Å². The third-order valence-electron chi connectivity index (χ3n) is 3.29. The monoisotopic (exact) mass is 299 g/mol. The molecule has 0 aromatic carbocycles. The van der Waals surface area contributed by atoms with Crippen LogP contribution in [0.2, 0.25) is 0 Å². The number of anilines is 1. The summed E-state index contributed by atoms with van der Waals surface area (Å²) in [4.78, 5) is 27.4. The SMILES string of the molecule is Cc1cc(NC(C)C)n2ncc(C=C3CC(=O)NC3=O)c2n1. The van der Waals surface area contributed by atoms with Crippen molar-refractivity contribution in [3.8, 4) is 0 Å². The van der Waals surface area contributed by atoms with E-state index in [2.05, 4.69) is 20.7 Å². The maximum atomic E-state index is 11.7. The van der Waals surface area contributed by atoms with Crippen molar-refractivity contribution < 1.29 is 9.59 Å². The Bertz CT molecular complexity index is 804. The Morgan fingerprint density at radius 3 is 2.82 bits per heavy atom. The standard InChI is InChI=1S/C15H17N5O2/c1-8(2)17-12-4-9(3)18-14-11(7-16-20(12)14)5-10-6-13(21)19-15(10)22/h4-5,7-8,17H,6H2,1-3H3,(H,19,21,22). The fourth-order valence-corrected chi connectivity index (χ4v) is 2.41. The van der Waals surface area contributed by atoms with Gasteiger partial charge in [-0.2, -0.15) is 9.61 Å². The van der Waals surface area contributed by atoms with Gasteiger partial charge in [0.15, 0.2) is 5.65 Å². The van der Waals surface area contributed by atoms with E-state index in [1.165, 1.54) is 0 Å². The first-order valence-electron chi connectivity index (χ1n) is 7.10. The van der Waals surface area contributed by atoms with Gasteiger partial charge < -0.3 is 5.32 Å². The fourth-order valence-electron chi connectivity index (χ4n) is 2.41. The lowest BCUT2D eigenvalue weighted by molar-refractivity contribution is -0.124. The molecular formula is C15H17N5O2. The number of nitrogens with zero attached hydrogens (tertiary/aromatic N) is 3. The third kappa shape index (κ3) is 2.57. The zero-order valence-electron chi connectivity index (χ0n) is 12.7. The summed E-state index contributed by atoms with van der Waals surface area (Å²) >= 11 is 0. The molecule has 22 heavy (non-hydrogen) atoms. The van der Waals surface area contributed by atoms with Crippen molar-refractivity contribution >= 4 is 29.4 Å². The van der Waals surface area contributed by atoms with Crippen LogP contribution in [0.5, 0.6) is 0 Å². The number of imide groups is 1. The lowest BCUT2D eigenvalue weighted by Crippen LogP contribution is -2.19. The maximum absolute atomic E-state index is 11.7. The first-order valence-corrected chi connectivity index (χ1v) is 7.10. The fraction of sp³-hybridized carbons (Fsp3) is 0.333. The van der Waals surface area contributed by atoms with Crippen LogP contribution in [0.15, 0.2) is 17.8 Å². The predicted octanol–water partition coefficient (Wildman–Crippen LogP) is 1.29. The van der Waals surface area contributed by atoms with Gasteiger partial charge in [0.05, 0.1) is 12.6 Å². The van der Waals surface area contributed by atoms with Crippen LogP contribution in [-0.2, 0) is 9.59 Å². The molecule has 0 aliphatic carbocycles. The van der Waals surface area contributed by atoms with Gasteiger partial charge in [-0.1, -0.05) is 0 Å². The Labute approximate surface area is 127 Å². The molecule has 2 N–H and O–H groups in total. The minimum atomic E-state index is -0.350. The molecule has 2 aromatic heterocycles. The van der Waals surface area contributed by atoms with Gasteiger partial charge in [-0.3, -0.25) is 14.9 Å². The van der Waals surface area contributed by atoms with E-state index in [-0.39, 0.29) is 24.3 Å². The van der Waals surface area contributed by atoms with Crippen LogP contribution < -0.4 is 10.6 Å². The summed E-state index contributed by atoms with van der Waals surface area (Å²) in [7, 11) is 0. The highest BCUT2D eigenvalue weighted by molar-refractivity contribution is 6.15. The van der Waals surface area contributed by atoms with Gasteiger partial charge in [0.2, 0.25) is 5.91 Å².